The summed E-state index contributed by atoms with van der Waals surface area (Å²) < 4.78 is 42.0. The second kappa shape index (κ2) is 10.3. The smallest absolute Gasteiger partial charge is 0.243 e. The number of nitrogens with one attached hydrogen (secondary N) is 1. The lowest BCUT2D eigenvalue weighted by Crippen LogP contribution is -2.29. The summed E-state index contributed by atoms with van der Waals surface area (Å²) >= 11 is 0. The van der Waals surface area contributed by atoms with E-state index in [0.717, 1.165) is 11.3 Å². The molecule has 1 aromatic carbocycles. The van der Waals surface area contributed by atoms with Gasteiger partial charge in [0, 0.05) is 36.8 Å². The van der Waals surface area contributed by atoms with Crippen LogP contribution in [0.2, 0.25) is 0 Å². The van der Waals surface area contributed by atoms with Gasteiger partial charge in [0.2, 0.25) is 16.0 Å². The van der Waals surface area contributed by atoms with Crippen molar-refractivity contribution >= 4 is 16.0 Å². The molecular weight excluding hydrogens is 482 g/mol. The predicted molar refractivity (Wildman–Crippen MR) is 135 cm³/mol. The van der Waals surface area contributed by atoms with Gasteiger partial charge in [-0.3, -0.25) is 24.2 Å². The first-order chi connectivity index (χ1) is 17.2. The summed E-state index contributed by atoms with van der Waals surface area (Å²) in [4.78, 5) is 12.7. The number of pyridine rings is 1. The summed E-state index contributed by atoms with van der Waals surface area (Å²) in [7, 11) is -0.869. The molecule has 3 heterocycles. The zero-order valence-corrected chi connectivity index (χ0v) is 21.4. The highest BCUT2D eigenvalue weighted by Gasteiger charge is 2.28. The van der Waals surface area contributed by atoms with Crippen molar-refractivity contribution in [2.75, 3.05) is 18.9 Å². The third-order valence-electron chi connectivity index (χ3n) is 5.52. The Labute approximate surface area is 209 Å². The van der Waals surface area contributed by atoms with Crippen LogP contribution in [0.15, 0.2) is 49.1 Å². The number of rotatable bonds is 9. The van der Waals surface area contributed by atoms with Crippen molar-refractivity contribution < 1.29 is 17.9 Å². The summed E-state index contributed by atoms with van der Waals surface area (Å²) in [6.07, 6.45) is 6.70. The Morgan fingerprint density at radius 2 is 1.72 bits per heavy atom. The quantitative estimate of drug-likeness (QED) is 0.361. The van der Waals surface area contributed by atoms with Gasteiger partial charge in [0.15, 0.2) is 5.82 Å². The molecule has 4 rings (SSSR count). The molecule has 0 aliphatic heterocycles. The molecule has 1 N–H and O–H groups in total. The van der Waals surface area contributed by atoms with E-state index >= 15 is 0 Å². The molecule has 36 heavy (non-hydrogen) atoms. The molecule has 0 aliphatic carbocycles. The Bertz CT molecular complexity index is 1450. The Morgan fingerprint density at radius 1 is 1.00 bits per heavy atom. The lowest BCUT2D eigenvalue weighted by atomic mass is 10.2. The van der Waals surface area contributed by atoms with Gasteiger partial charge >= 0.3 is 0 Å². The minimum Gasteiger partial charge on any atom is -0.494 e. The largest absolute Gasteiger partial charge is 0.494 e. The van der Waals surface area contributed by atoms with E-state index in [9.17, 15) is 8.42 Å². The highest BCUT2D eigenvalue weighted by molar-refractivity contribution is 7.93. The van der Waals surface area contributed by atoms with Crippen LogP contribution in [0, 0.1) is 13.8 Å². The summed E-state index contributed by atoms with van der Waals surface area (Å²) in [5.41, 5.74) is 3.31. The van der Waals surface area contributed by atoms with Gasteiger partial charge in [-0.25, -0.2) is 8.42 Å². The molecule has 0 saturated heterocycles. The van der Waals surface area contributed by atoms with Crippen LogP contribution in [0.4, 0.5) is 5.95 Å². The second-order valence-corrected chi connectivity index (χ2v) is 10.4. The Morgan fingerprint density at radius 3 is 2.33 bits per heavy atom. The summed E-state index contributed by atoms with van der Waals surface area (Å²) in [6.45, 7) is 5.32. The molecule has 0 unspecified atom stereocenters. The number of hydrogen-bond donors (Lipinski definition) is 1. The van der Waals surface area contributed by atoms with Crippen LogP contribution >= 0.6 is 0 Å². The second-order valence-electron chi connectivity index (χ2n) is 8.26. The topological polar surface area (TPSA) is 134 Å². The number of anilines is 1. The van der Waals surface area contributed by atoms with Gasteiger partial charge in [-0.2, -0.15) is 0 Å². The normalized spacial score (nSPS) is 12.2. The molecule has 3 aromatic heterocycles. The summed E-state index contributed by atoms with van der Waals surface area (Å²) in [5, 5.41) is 7.67. The van der Waals surface area contributed by atoms with Crippen LogP contribution < -0.4 is 14.2 Å². The molecule has 0 radical (unpaired) electrons. The summed E-state index contributed by atoms with van der Waals surface area (Å²) in [6, 6.07) is 7.14. The molecule has 0 bridgehead atoms. The highest BCUT2D eigenvalue weighted by Crippen LogP contribution is 2.37. The zero-order valence-electron chi connectivity index (χ0n) is 20.6. The van der Waals surface area contributed by atoms with Gasteiger partial charge in [-0.05, 0) is 44.5 Å². The maximum atomic E-state index is 13.3. The van der Waals surface area contributed by atoms with Crippen molar-refractivity contribution in [1.29, 1.82) is 0 Å². The highest BCUT2D eigenvalue weighted by atomic mass is 32.2. The van der Waals surface area contributed by atoms with Crippen LogP contribution in [-0.2, 0) is 16.4 Å². The number of hydrogen-bond acceptors (Lipinski definition) is 9. The summed E-state index contributed by atoms with van der Waals surface area (Å²) in [5.74, 6) is 1.23. The maximum Gasteiger partial charge on any atom is 0.243 e. The van der Waals surface area contributed by atoms with Gasteiger partial charge in [0.05, 0.1) is 30.9 Å². The fraction of sp³-hybridized carbons (Fsp3) is 0.292. The lowest BCUT2D eigenvalue weighted by molar-refractivity contribution is 0.391. The average Bonchev–Trinajstić information content (AvgIpc) is 3.27. The first-order valence-corrected chi connectivity index (χ1v) is 12.7. The SMILES string of the molecule is COc1cccc(OC)c1-n1c(NS(=O)(=O)[C@@H](C)Cc2cnc(C)cn2)nnc1-c1cncc(C)c1. The van der Waals surface area contributed by atoms with Crippen LogP contribution in [-0.4, -0.2) is 57.6 Å². The van der Waals surface area contributed by atoms with Gasteiger partial charge < -0.3 is 9.47 Å². The van der Waals surface area contributed by atoms with E-state index in [-0.39, 0.29) is 12.4 Å². The molecule has 12 heteroatoms. The number of aryl methyl sites for hydroxylation is 2. The molecule has 188 valence electrons. The molecule has 0 saturated carbocycles. The predicted octanol–water partition coefficient (Wildman–Crippen LogP) is 3.13. The van der Waals surface area contributed by atoms with Crippen LogP contribution in [0.25, 0.3) is 17.1 Å². The Hall–Kier alpha value is -4.06. The molecular formula is C24H27N7O4S. The molecule has 4 aromatic rings. The van der Waals surface area contributed by atoms with Gasteiger partial charge in [0.25, 0.3) is 0 Å². The molecule has 0 spiro atoms. The van der Waals surface area contributed by atoms with Gasteiger partial charge in [-0.15, -0.1) is 10.2 Å². The number of ether oxygens (including phenoxy) is 2. The van der Waals surface area contributed by atoms with E-state index in [2.05, 4.69) is 29.9 Å². The van der Waals surface area contributed by atoms with Crippen molar-refractivity contribution in [3.05, 3.63) is 66.0 Å². The minimum absolute atomic E-state index is 0.0175. The van der Waals surface area contributed by atoms with E-state index in [0.29, 0.717) is 34.3 Å². The van der Waals surface area contributed by atoms with Crippen molar-refractivity contribution in [2.24, 2.45) is 0 Å². The van der Waals surface area contributed by atoms with Crippen molar-refractivity contribution in [1.82, 2.24) is 29.7 Å². The Kier molecular flexibility index (Phi) is 7.15. The first-order valence-electron chi connectivity index (χ1n) is 11.1. The van der Waals surface area contributed by atoms with Crippen molar-refractivity contribution in [3.63, 3.8) is 0 Å². The van der Waals surface area contributed by atoms with Crippen LogP contribution in [0.1, 0.15) is 23.9 Å². The third kappa shape index (κ3) is 5.13. The lowest BCUT2D eigenvalue weighted by Gasteiger charge is -2.19. The number of sulfonamides is 1. The minimum atomic E-state index is -3.91. The number of para-hydroxylation sites is 1. The molecule has 0 fully saturated rings. The maximum absolute atomic E-state index is 13.3. The van der Waals surface area contributed by atoms with Gasteiger partial charge in [-0.1, -0.05) is 6.07 Å². The zero-order chi connectivity index (χ0) is 25.9. The monoisotopic (exact) mass is 509 g/mol. The standard InChI is InChI=1S/C24H27N7O4S/c1-15-9-18(13-25-11-15)23-28-29-24(31(23)22-20(34-4)7-6-8-21(22)35-5)30-36(32,33)17(3)10-19-14-26-16(2)12-27-19/h6-9,11-14,17H,10H2,1-5H3,(H,29,30)/t17-/m0/s1. The van der Waals surface area contributed by atoms with E-state index in [4.69, 9.17) is 9.47 Å². The Balaban J connectivity index is 1.81. The number of methoxy groups -OCH3 is 2. The van der Waals surface area contributed by atoms with Crippen molar-refractivity contribution in [2.45, 2.75) is 32.4 Å². The van der Waals surface area contributed by atoms with E-state index in [1.54, 1.807) is 54.5 Å². The van der Waals surface area contributed by atoms with E-state index in [1.165, 1.54) is 14.2 Å². The van der Waals surface area contributed by atoms with E-state index < -0.39 is 15.3 Å². The average molecular weight is 510 g/mol. The van der Waals surface area contributed by atoms with Crippen LogP contribution in [0.5, 0.6) is 11.5 Å². The third-order valence-corrected chi connectivity index (χ3v) is 7.21. The van der Waals surface area contributed by atoms with Crippen molar-refractivity contribution in [3.8, 4) is 28.6 Å². The number of aromatic nitrogens is 6. The molecule has 0 amide bonds. The fourth-order valence-electron chi connectivity index (χ4n) is 3.64. The number of nitrogens with zero attached hydrogens (tertiary/aromatic N) is 6. The molecule has 0 aliphatic rings. The number of benzene rings is 1. The first kappa shape index (κ1) is 25.0. The van der Waals surface area contributed by atoms with E-state index in [1.807, 2.05) is 19.9 Å². The molecule has 11 nitrogen and oxygen atoms in total. The van der Waals surface area contributed by atoms with Gasteiger partial charge in [0.1, 0.15) is 17.2 Å². The fourth-order valence-corrected chi connectivity index (χ4v) is 4.61. The van der Waals surface area contributed by atoms with Crippen LogP contribution in [0.3, 0.4) is 0 Å². The molecule has 1 atom stereocenters.